The van der Waals surface area contributed by atoms with Crippen LogP contribution in [0, 0.1) is 0 Å². The maximum absolute atomic E-state index is 12.6. The molecule has 1 aliphatic heterocycles. The molecule has 0 bridgehead atoms. The van der Waals surface area contributed by atoms with Gasteiger partial charge in [0.25, 0.3) is 0 Å². The predicted octanol–water partition coefficient (Wildman–Crippen LogP) is 3.76. The van der Waals surface area contributed by atoms with Crippen molar-refractivity contribution >= 4 is 17.5 Å². The summed E-state index contributed by atoms with van der Waals surface area (Å²) in [7, 11) is 0. The van der Waals surface area contributed by atoms with Crippen LogP contribution >= 0.6 is 0 Å². The Kier molecular flexibility index (Phi) is 5.69. The summed E-state index contributed by atoms with van der Waals surface area (Å²) in [5.74, 6) is -0.592. The van der Waals surface area contributed by atoms with E-state index in [1.807, 2.05) is 24.3 Å². The third-order valence-electron chi connectivity index (χ3n) is 4.57. The molecule has 2 aromatic rings. The van der Waals surface area contributed by atoms with Crippen LogP contribution in [0.15, 0.2) is 48.5 Å². The van der Waals surface area contributed by atoms with Crippen molar-refractivity contribution in [1.82, 2.24) is 4.90 Å². The molecule has 2 aromatic carbocycles. The Bertz CT molecular complexity index is 841. The normalized spacial score (nSPS) is 16.0. The highest BCUT2D eigenvalue weighted by Crippen LogP contribution is 2.33. The average Bonchev–Trinajstić information content (AvgIpc) is 2.63. The first-order valence-electron chi connectivity index (χ1n) is 8.64. The molecule has 5 nitrogen and oxygen atoms in total. The van der Waals surface area contributed by atoms with Crippen molar-refractivity contribution in [2.24, 2.45) is 0 Å². The van der Waals surface area contributed by atoms with E-state index in [-0.39, 0.29) is 29.7 Å². The van der Waals surface area contributed by atoms with E-state index in [2.05, 4.69) is 10.1 Å². The fraction of sp³-hybridized carbons (Fsp3) is 0.300. The Morgan fingerprint density at radius 2 is 1.89 bits per heavy atom. The van der Waals surface area contributed by atoms with Gasteiger partial charge in [-0.25, -0.2) is 0 Å². The molecule has 0 aliphatic carbocycles. The van der Waals surface area contributed by atoms with Crippen LogP contribution in [0.2, 0.25) is 0 Å². The van der Waals surface area contributed by atoms with Gasteiger partial charge in [-0.05, 0) is 29.7 Å². The quantitative estimate of drug-likeness (QED) is 0.867. The van der Waals surface area contributed by atoms with E-state index in [0.717, 1.165) is 17.5 Å². The Morgan fingerprint density at radius 3 is 2.63 bits per heavy atom. The fourth-order valence-corrected chi connectivity index (χ4v) is 3.39. The van der Waals surface area contributed by atoms with Crippen LogP contribution in [0.25, 0.3) is 0 Å². The number of nitrogens with zero attached hydrogens (tertiary/aromatic N) is 1. The summed E-state index contributed by atoms with van der Waals surface area (Å²) < 4.78 is 29.5. The topological polar surface area (TPSA) is 58.6 Å². The van der Waals surface area contributed by atoms with Gasteiger partial charge in [0.2, 0.25) is 11.8 Å². The number of carbonyl (C=O) groups is 2. The van der Waals surface area contributed by atoms with Crippen molar-refractivity contribution in [3.8, 4) is 5.75 Å². The van der Waals surface area contributed by atoms with Crippen LogP contribution in [0.1, 0.15) is 30.5 Å². The third-order valence-corrected chi connectivity index (χ3v) is 4.57. The number of hydrogen-bond donors (Lipinski definition) is 1. The standard InChI is InChI=1S/C20H20F2N2O3/c1-13(25)24-11-10-14-6-2-3-7-15(14)17(24)12-19(26)23-16-8-4-5-9-18(16)27-20(21)22/h2-9,17,20H,10-12H2,1H3,(H,23,26). The van der Waals surface area contributed by atoms with Crippen LogP contribution < -0.4 is 10.1 Å². The summed E-state index contributed by atoms with van der Waals surface area (Å²) in [5, 5.41) is 2.62. The zero-order valence-corrected chi connectivity index (χ0v) is 14.8. The third kappa shape index (κ3) is 4.42. The maximum Gasteiger partial charge on any atom is 0.387 e. The van der Waals surface area contributed by atoms with Gasteiger partial charge >= 0.3 is 6.61 Å². The summed E-state index contributed by atoms with van der Waals surface area (Å²) in [6.45, 7) is -0.971. The highest BCUT2D eigenvalue weighted by Gasteiger charge is 2.30. The number of benzene rings is 2. The summed E-state index contributed by atoms with van der Waals surface area (Å²) >= 11 is 0. The first-order valence-corrected chi connectivity index (χ1v) is 8.64. The van der Waals surface area contributed by atoms with Crippen molar-refractivity contribution in [3.63, 3.8) is 0 Å². The molecule has 27 heavy (non-hydrogen) atoms. The number of ether oxygens (including phenoxy) is 1. The maximum atomic E-state index is 12.6. The summed E-state index contributed by atoms with van der Waals surface area (Å²) in [4.78, 5) is 26.3. The molecule has 3 rings (SSSR count). The smallest absolute Gasteiger partial charge is 0.387 e. The van der Waals surface area contributed by atoms with E-state index in [1.165, 1.54) is 19.1 Å². The second-order valence-corrected chi connectivity index (χ2v) is 6.30. The number of hydrogen-bond acceptors (Lipinski definition) is 3. The molecule has 0 fully saturated rings. The SMILES string of the molecule is CC(=O)N1CCc2ccccc2C1CC(=O)Nc1ccccc1OC(F)F. The highest BCUT2D eigenvalue weighted by molar-refractivity contribution is 5.93. The van der Waals surface area contributed by atoms with Crippen molar-refractivity contribution in [2.75, 3.05) is 11.9 Å². The molecular weight excluding hydrogens is 354 g/mol. The molecule has 2 amide bonds. The molecule has 0 saturated carbocycles. The van der Waals surface area contributed by atoms with Gasteiger partial charge in [-0.2, -0.15) is 8.78 Å². The molecular formula is C20H20F2N2O3. The lowest BCUT2D eigenvalue weighted by atomic mass is 9.90. The van der Waals surface area contributed by atoms with Gasteiger partial charge < -0.3 is 15.0 Å². The van der Waals surface area contributed by atoms with Crippen LogP contribution in [0.3, 0.4) is 0 Å². The zero-order valence-electron chi connectivity index (χ0n) is 14.8. The molecule has 1 atom stereocenters. The van der Waals surface area contributed by atoms with E-state index in [0.29, 0.717) is 6.54 Å². The number of para-hydroxylation sites is 2. The molecule has 1 unspecified atom stereocenters. The van der Waals surface area contributed by atoms with Gasteiger partial charge in [-0.3, -0.25) is 9.59 Å². The van der Waals surface area contributed by atoms with Crippen LogP contribution in [-0.2, 0) is 16.0 Å². The molecule has 0 aromatic heterocycles. The number of rotatable bonds is 5. The molecule has 1 aliphatic rings. The lowest BCUT2D eigenvalue weighted by Crippen LogP contribution is -2.40. The van der Waals surface area contributed by atoms with Crippen molar-refractivity contribution in [3.05, 3.63) is 59.7 Å². The number of nitrogens with one attached hydrogen (secondary N) is 1. The number of fused-ring (bicyclic) bond motifs is 1. The highest BCUT2D eigenvalue weighted by atomic mass is 19.3. The summed E-state index contributed by atoms with van der Waals surface area (Å²) in [6, 6.07) is 13.3. The fourth-order valence-electron chi connectivity index (χ4n) is 3.39. The van der Waals surface area contributed by atoms with E-state index in [9.17, 15) is 18.4 Å². The van der Waals surface area contributed by atoms with Gasteiger partial charge in [0.1, 0.15) is 5.75 Å². The molecule has 1 heterocycles. The van der Waals surface area contributed by atoms with Gasteiger partial charge in [0, 0.05) is 13.5 Å². The monoisotopic (exact) mass is 374 g/mol. The van der Waals surface area contributed by atoms with Crippen molar-refractivity contribution in [1.29, 1.82) is 0 Å². The van der Waals surface area contributed by atoms with E-state index >= 15 is 0 Å². The zero-order chi connectivity index (χ0) is 19.4. The second kappa shape index (κ2) is 8.16. The van der Waals surface area contributed by atoms with E-state index in [1.54, 1.807) is 17.0 Å². The Hall–Kier alpha value is -2.96. The minimum absolute atomic E-state index is 0.0274. The lowest BCUT2D eigenvalue weighted by molar-refractivity contribution is -0.132. The van der Waals surface area contributed by atoms with Gasteiger partial charge in [-0.1, -0.05) is 36.4 Å². The van der Waals surface area contributed by atoms with Crippen LogP contribution in [0.5, 0.6) is 5.75 Å². The molecule has 0 spiro atoms. The molecule has 1 N–H and O–H groups in total. The van der Waals surface area contributed by atoms with Gasteiger partial charge in [0.15, 0.2) is 0 Å². The number of halogens is 2. The minimum atomic E-state index is -2.98. The average molecular weight is 374 g/mol. The number of amides is 2. The molecule has 142 valence electrons. The first kappa shape index (κ1) is 18.8. The second-order valence-electron chi connectivity index (χ2n) is 6.30. The van der Waals surface area contributed by atoms with E-state index < -0.39 is 12.7 Å². The largest absolute Gasteiger partial charge is 0.433 e. The summed E-state index contributed by atoms with van der Waals surface area (Å²) in [6.07, 6.45) is 0.762. The molecule has 7 heteroatoms. The van der Waals surface area contributed by atoms with Crippen LogP contribution in [-0.4, -0.2) is 29.9 Å². The number of carbonyl (C=O) groups excluding carboxylic acids is 2. The lowest BCUT2D eigenvalue weighted by Gasteiger charge is -2.36. The van der Waals surface area contributed by atoms with Gasteiger partial charge in [0.05, 0.1) is 18.2 Å². The van der Waals surface area contributed by atoms with Crippen molar-refractivity contribution < 1.29 is 23.1 Å². The predicted molar refractivity (Wildman–Crippen MR) is 96.6 cm³/mol. The Labute approximate surface area is 155 Å². The number of anilines is 1. The van der Waals surface area contributed by atoms with Crippen LogP contribution in [0.4, 0.5) is 14.5 Å². The van der Waals surface area contributed by atoms with Gasteiger partial charge in [-0.15, -0.1) is 0 Å². The molecule has 0 radical (unpaired) electrons. The van der Waals surface area contributed by atoms with Crippen molar-refractivity contribution in [2.45, 2.75) is 32.4 Å². The Morgan fingerprint density at radius 1 is 1.19 bits per heavy atom. The summed E-state index contributed by atoms with van der Waals surface area (Å²) in [5.41, 5.74) is 2.21. The Balaban J connectivity index is 1.79. The first-order chi connectivity index (χ1) is 13.0. The molecule has 0 saturated heterocycles. The number of alkyl halides is 2. The van der Waals surface area contributed by atoms with E-state index in [4.69, 9.17) is 0 Å². The minimum Gasteiger partial charge on any atom is -0.433 e.